The molecule has 1 aromatic heterocycles. The predicted octanol–water partition coefficient (Wildman–Crippen LogP) is 2.38. The van der Waals surface area contributed by atoms with Gasteiger partial charge in [-0.05, 0) is 25.5 Å². The molecule has 1 aromatic rings. The van der Waals surface area contributed by atoms with Crippen LogP contribution in [0, 0.1) is 12.8 Å². The van der Waals surface area contributed by atoms with Gasteiger partial charge < -0.3 is 10.0 Å². The summed E-state index contributed by atoms with van der Waals surface area (Å²) in [6.45, 7) is 1.66. The van der Waals surface area contributed by atoms with Gasteiger partial charge in [-0.25, -0.2) is 4.98 Å². The minimum absolute atomic E-state index is 0. The normalized spacial score (nSPS) is 18.0. The van der Waals surface area contributed by atoms with Crippen LogP contribution in [0.25, 0.3) is 0 Å². The minimum atomic E-state index is -4.56. The third kappa shape index (κ3) is 3.68. The number of hydrogen-bond acceptors (Lipinski definition) is 3. The van der Waals surface area contributed by atoms with Crippen LogP contribution in [0.4, 0.5) is 13.2 Å². The van der Waals surface area contributed by atoms with E-state index < -0.39 is 29.7 Å². The molecule has 22 heavy (non-hydrogen) atoms. The second-order valence-electron chi connectivity index (χ2n) is 4.90. The van der Waals surface area contributed by atoms with E-state index in [0.29, 0.717) is 6.42 Å². The number of amides is 1. The molecular formula is C13H14ClF3N2O3. The van der Waals surface area contributed by atoms with Gasteiger partial charge in [0.15, 0.2) is 0 Å². The summed E-state index contributed by atoms with van der Waals surface area (Å²) in [6.07, 6.45) is -4.22. The largest absolute Gasteiger partial charge is 0.481 e. The van der Waals surface area contributed by atoms with Crippen LogP contribution in [0.3, 0.4) is 0 Å². The number of halogens is 4. The molecule has 0 aliphatic carbocycles. The first-order chi connectivity index (χ1) is 9.70. The van der Waals surface area contributed by atoms with Crippen molar-refractivity contribution in [1.82, 2.24) is 9.88 Å². The fraction of sp³-hybridized carbons (Fsp3) is 0.462. The Labute approximate surface area is 130 Å². The molecule has 5 nitrogen and oxygen atoms in total. The van der Waals surface area contributed by atoms with Gasteiger partial charge in [0.2, 0.25) is 0 Å². The lowest BCUT2D eigenvalue weighted by Gasteiger charge is -2.17. The van der Waals surface area contributed by atoms with Crippen LogP contribution < -0.4 is 0 Å². The Morgan fingerprint density at radius 3 is 2.45 bits per heavy atom. The first kappa shape index (κ1) is 18.2. The molecule has 1 N–H and O–H groups in total. The van der Waals surface area contributed by atoms with Crippen molar-refractivity contribution in [2.24, 2.45) is 5.92 Å². The zero-order valence-corrected chi connectivity index (χ0v) is 12.4. The zero-order chi connectivity index (χ0) is 15.8. The smallest absolute Gasteiger partial charge is 0.433 e. The first-order valence-electron chi connectivity index (χ1n) is 6.27. The molecule has 2 heterocycles. The Morgan fingerprint density at radius 1 is 1.36 bits per heavy atom. The lowest BCUT2D eigenvalue weighted by Crippen LogP contribution is -2.30. The van der Waals surface area contributed by atoms with Crippen LogP contribution >= 0.6 is 12.4 Å². The summed E-state index contributed by atoms with van der Waals surface area (Å²) in [5, 5.41) is 8.89. The van der Waals surface area contributed by atoms with Crippen LogP contribution in [-0.4, -0.2) is 40.0 Å². The molecule has 1 atom stereocenters. The van der Waals surface area contributed by atoms with Gasteiger partial charge in [0.25, 0.3) is 5.91 Å². The summed E-state index contributed by atoms with van der Waals surface area (Å²) in [6, 6.07) is 1.84. The van der Waals surface area contributed by atoms with Crippen molar-refractivity contribution in [3.63, 3.8) is 0 Å². The standard InChI is InChI=1S/C13H13F3N2O3.ClH/c1-7-9(2-3-10(17-7)13(14,15)16)11(19)18-5-4-8(6-18)12(20)21;/h2-3,8H,4-6H2,1H3,(H,20,21);1H. The average Bonchev–Trinajstić information content (AvgIpc) is 2.86. The van der Waals surface area contributed by atoms with Crippen molar-refractivity contribution >= 4 is 24.3 Å². The SMILES string of the molecule is Cc1nc(C(F)(F)F)ccc1C(=O)N1CCC(C(=O)O)C1.Cl. The Hall–Kier alpha value is -1.83. The highest BCUT2D eigenvalue weighted by Crippen LogP contribution is 2.28. The van der Waals surface area contributed by atoms with Crippen molar-refractivity contribution < 1.29 is 27.9 Å². The molecule has 0 radical (unpaired) electrons. The number of pyridine rings is 1. The Kier molecular flexibility index (Phi) is 5.39. The van der Waals surface area contributed by atoms with Crippen LogP contribution in [-0.2, 0) is 11.0 Å². The number of carboxylic acids is 1. The van der Waals surface area contributed by atoms with E-state index in [1.54, 1.807) is 0 Å². The number of aromatic nitrogens is 1. The van der Waals surface area contributed by atoms with Gasteiger partial charge in [-0.15, -0.1) is 12.4 Å². The molecular weight excluding hydrogens is 325 g/mol. The summed E-state index contributed by atoms with van der Waals surface area (Å²) < 4.78 is 37.6. The topological polar surface area (TPSA) is 70.5 Å². The maximum Gasteiger partial charge on any atom is 0.433 e. The predicted molar refractivity (Wildman–Crippen MR) is 72.9 cm³/mol. The monoisotopic (exact) mass is 338 g/mol. The first-order valence-corrected chi connectivity index (χ1v) is 6.27. The van der Waals surface area contributed by atoms with Crippen molar-refractivity contribution in [2.45, 2.75) is 19.5 Å². The minimum Gasteiger partial charge on any atom is -0.481 e. The molecule has 0 spiro atoms. The number of aliphatic carboxylic acids is 1. The van der Waals surface area contributed by atoms with Crippen LogP contribution in [0.15, 0.2) is 12.1 Å². The fourth-order valence-electron chi connectivity index (χ4n) is 2.26. The Morgan fingerprint density at radius 2 is 2.00 bits per heavy atom. The van der Waals surface area contributed by atoms with Gasteiger partial charge in [-0.2, -0.15) is 13.2 Å². The summed E-state index contributed by atoms with van der Waals surface area (Å²) in [7, 11) is 0. The molecule has 0 bridgehead atoms. The summed E-state index contributed by atoms with van der Waals surface area (Å²) in [4.78, 5) is 27.8. The van der Waals surface area contributed by atoms with Crippen LogP contribution in [0.2, 0.25) is 0 Å². The van der Waals surface area contributed by atoms with Gasteiger partial charge in [0.05, 0.1) is 17.2 Å². The van der Waals surface area contributed by atoms with Crippen molar-refractivity contribution in [3.05, 3.63) is 29.1 Å². The number of carbonyl (C=O) groups excluding carboxylic acids is 1. The third-order valence-electron chi connectivity index (χ3n) is 3.43. The third-order valence-corrected chi connectivity index (χ3v) is 3.43. The van der Waals surface area contributed by atoms with Gasteiger partial charge in [-0.3, -0.25) is 9.59 Å². The maximum absolute atomic E-state index is 12.5. The number of alkyl halides is 3. The van der Waals surface area contributed by atoms with Gasteiger partial charge in [0, 0.05) is 13.1 Å². The van der Waals surface area contributed by atoms with Gasteiger partial charge in [-0.1, -0.05) is 0 Å². The van der Waals surface area contributed by atoms with Crippen LogP contribution in [0.1, 0.15) is 28.2 Å². The highest BCUT2D eigenvalue weighted by molar-refractivity contribution is 5.95. The summed E-state index contributed by atoms with van der Waals surface area (Å²) >= 11 is 0. The van der Waals surface area contributed by atoms with Crippen molar-refractivity contribution in [1.29, 1.82) is 0 Å². The van der Waals surface area contributed by atoms with Gasteiger partial charge >= 0.3 is 12.1 Å². The van der Waals surface area contributed by atoms with E-state index in [4.69, 9.17) is 5.11 Å². The van der Waals surface area contributed by atoms with Crippen LogP contribution in [0.5, 0.6) is 0 Å². The molecule has 1 fully saturated rings. The molecule has 0 aromatic carbocycles. The highest BCUT2D eigenvalue weighted by Gasteiger charge is 2.35. The highest BCUT2D eigenvalue weighted by atomic mass is 35.5. The lowest BCUT2D eigenvalue weighted by molar-refractivity contribution is -0.142. The maximum atomic E-state index is 12.5. The van der Waals surface area contributed by atoms with Crippen molar-refractivity contribution in [3.8, 4) is 0 Å². The van der Waals surface area contributed by atoms with Gasteiger partial charge in [0.1, 0.15) is 5.69 Å². The van der Waals surface area contributed by atoms with E-state index >= 15 is 0 Å². The van der Waals surface area contributed by atoms with Crippen molar-refractivity contribution in [2.75, 3.05) is 13.1 Å². The second-order valence-corrected chi connectivity index (χ2v) is 4.90. The zero-order valence-electron chi connectivity index (χ0n) is 11.6. The summed E-state index contributed by atoms with van der Waals surface area (Å²) in [5.74, 6) is -2.10. The van der Waals surface area contributed by atoms with E-state index in [1.165, 1.54) is 11.8 Å². The van der Waals surface area contributed by atoms with E-state index in [0.717, 1.165) is 12.1 Å². The second kappa shape index (κ2) is 6.51. The number of likely N-dealkylation sites (tertiary alicyclic amines) is 1. The molecule has 1 unspecified atom stereocenters. The van der Waals surface area contributed by atoms with E-state index in [-0.39, 0.29) is 36.8 Å². The molecule has 122 valence electrons. The molecule has 1 saturated heterocycles. The quantitative estimate of drug-likeness (QED) is 0.898. The van der Waals surface area contributed by atoms with E-state index in [2.05, 4.69) is 4.98 Å². The van der Waals surface area contributed by atoms with E-state index in [1.807, 2.05) is 0 Å². The lowest BCUT2D eigenvalue weighted by atomic mass is 10.1. The molecule has 1 aliphatic heterocycles. The Bertz CT molecular complexity index is 592. The number of aryl methyl sites for hydroxylation is 1. The van der Waals surface area contributed by atoms with E-state index in [9.17, 15) is 22.8 Å². The fourth-order valence-corrected chi connectivity index (χ4v) is 2.26. The molecule has 9 heteroatoms. The number of nitrogens with zero attached hydrogens (tertiary/aromatic N) is 2. The number of hydrogen-bond donors (Lipinski definition) is 1. The number of rotatable bonds is 2. The molecule has 1 aliphatic rings. The Balaban J connectivity index is 0.00000242. The number of carbonyl (C=O) groups is 2. The molecule has 0 saturated carbocycles. The molecule has 1 amide bonds. The average molecular weight is 339 g/mol. The summed E-state index contributed by atoms with van der Waals surface area (Å²) in [5.41, 5.74) is -1.01. The number of carboxylic acid groups (broad SMARTS) is 1. The molecule has 2 rings (SSSR count).